The quantitative estimate of drug-likeness (QED) is 0.160. The standard InChI is InChI=1S/C58H54N4O/c1-39-47-23-14-16-27-52(47)61(38-60(39)56-48(40-19-10-8-11-20-40)25-18-26-49(56)41-21-12-9-13-22-41)44-33-43(58(5,6)7)34-46(36-44)63-45-29-30-51-50-24-15-17-28-53(50)62(54(51)37-45)55-35-42(31-32-59-55)57(2,3)4/h8-37,39H,38H2,1-7H3/i8D,9D,10D,11D,12D,13D,19D,20D,21D,22D. The van der Waals surface area contributed by atoms with Crippen molar-refractivity contribution in [3.63, 3.8) is 0 Å². The molecule has 1 aliphatic heterocycles. The van der Waals surface area contributed by atoms with Crippen molar-refractivity contribution in [2.75, 3.05) is 16.5 Å². The van der Waals surface area contributed by atoms with Crippen LogP contribution in [-0.2, 0) is 10.8 Å². The van der Waals surface area contributed by atoms with Crippen molar-refractivity contribution in [2.24, 2.45) is 0 Å². The van der Waals surface area contributed by atoms with Gasteiger partial charge in [-0.15, -0.1) is 0 Å². The molecule has 1 unspecified atom stereocenters. The number of para-hydroxylation sites is 3. The van der Waals surface area contributed by atoms with Crippen molar-refractivity contribution >= 4 is 38.9 Å². The highest BCUT2D eigenvalue weighted by Crippen LogP contribution is 2.49. The summed E-state index contributed by atoms with van der Waals surface area (Å²) in [4.78, 5) is 9.03. The maximum absolute atomic E-state index is 9.16. The average Bonchev–Trinajstić information content (AvgIpc) is 3.70. The second kappa shape index (κ2) is 15.7. The summed E-state index contributed by atoms with van der Waals surface area (Å²) in [5, 5.41) is 2.15. The van der Waals surface area contributed by atoms with Crippen molar-refractivity contribution in [3.05, 3.63) is 199 Å². The summed E-state index contributed by atoms with van der Waals surface area (Å²) >= 11 is 0. The second-order valence-corrected chi connectivity index (χ2v) is 18.2. The summed E-state index contributed by atoms with van der Waals surface area (Å²) in [7, 11) is 0. The monoisotopic (exact) mass is 832 g/mol. The molecule has 9 aromatic rings. The number of rotatable bonds is 7. The number of nitrogens with zero attached hydrogens (tertiary/aromatic N) is 4. The predicted molar refractivity (Wildman–Crippen MR) is 264 cm³/mol. The zero-order valence-corrected chi connectivity index (χ0v) is 36.5. The number of hydrogen-bond donors (Lipinski definition) is 0. The first-order valence-electron chi connectivity index (χ1n) is 26.3. The molecule has 5 heteroatoms. The minimum atomic E-state index is -0.546. The highest BCUT2D eigenvalue weighted by atomic mass is 16.5. The van der Waals surface area contributed by atoms with E-state index in [0.29, 0.717) is 17.2 Å². The molecule has 7 aromatic carbocycles. The van der Waals surface area contributed by atoms with Crippen molar-refractivity contribution in [2.45, 2.75) is 65.3 Å². The van der Waals surface area contributed by atoms with E-state index in [1.165, 1.54) is 0 Å². The van der Waals surface area contributed by atoms with Gasteiger partial charge in [-0.25, -0.2) is 4.98 Å². The molecule has 5 nitrogen and oxygen atoms in total. The van der Waals surface area contributed by atoms with E-state index in [-0.39, 0.29) is 39.8 Å². The van der Waals surface area contributed by atoms with Gasteiger partial charge in [-0.2, -0.15) is 0 Å². The van der Waals surface area contributed by atoms with Crippen molar-refractivity contribution in [3.8, 4) is 39.6 Å². The lowest BCUT2D eigenvalue weighted by Crippen LogP contribution is -2.42. The Balaban J connectivity index is 1.16. The molecule has 1 aliphatic rings. The maximum Gasteiger partial charge on any atom is 0.137 e. The van der Waals surface area contributed by atoms with E-state index in [9.17, 15) is 0 Å². The molecule has 0 saturated heterocycles. The summed E-state index contributed by atoms with van der Waals surface area (Å²) in [6.45, 7) is 15.1. The number of fused-ring (bicyclic) bond motifs is 4. The summed E-state index contributed by atoms with van der Waals surface area (Å²) in [6, 6.07) is 32.4. The fraction of sp³-hybridized carbons (Fsp3) is 0.190. The van der Waals surface area contributed by atoms with E-state index >= 15 is 0 Å². The number of anilines is 3. The number of aromatic nitrogens is 2. The molecule has 0 radical (unpaired) electrons. The molecular formula is C58H54N4O. The minimum Gasteiger partial charge on any atom is -0.457 e. The molecule has 3 heterocycles. The molecule has 0 fully saturated rings. The maximum atomic E-state index is 9.16. The van der Waals surface area contributed by atoms with Crippen LogP contribution in [0.5, 0.6) is 11.5 Å². The summed E-state index contributed by atoms with van der Waals surface area (Å²) < 4.78 is 97.4. The number of pyridine rings is 1. The molecule has 0 bridgehead atoms. The topological polar surface area (TPSA) is 33.5 Å². The second-order valence-electron chi connectivity index (χ2n) is 18.2. The first-order chi connectivity index (χ1) is 34.6. The molecule has 63 heavy (non-hydrogen) atoms. The lowest BCUT2D eigenvalue weighted by Gasteiger charge is -2.45. The Kier molecular flexibility index (Phi) is 7.46. The summed E-state index contributed by atoms with van der Waals surface area (Å²) in [5.74, 6) is 2.00. The molecule has 10 rings (SSSR count). The molecule has 0 saturated carbocycles. The van der Waals surface area contributed by atoms with Crippen molar-refractivity contribution < 1.29 is 18.4 Å². The Morgan fingerprint density at radius 1 is 0.603 bits per heavy atom. The van der Waals surface area contributed by atoms with E-state index < -0.39 is 66.5 Å². The Bertz CT molecular complexity index is 3580. The smallest absolute Gasteiger partial charge is 0.137 e. The van der Waals surface area contributed by atoms with E-state index in [2.05, 4.69) is 99.5 Å². The number of hydrogen-bond acceptors (Lipinski definition) is 4. The van der Waals surface area contributed by atoms with Gasteiger partial charge in [0.2, 0.25) is 0 Å². The zero-order valence-electron chi connectivity index (χ0n) is 46.5. The Labute approximate surface area is 385 Å². The zero-order chi connectivity index (χ0) is 52.2. The normalized spacial score (nSPS) is 16.5. The van der Waals surface area contributed by atoms with Crippen LogP contribution in [0.2, 0.25) is 0 Å². The van der Waals surface area contributed by atoms with Gasteiger partial charge in [0.05, 0.1) is 43.1 Å². The van der Waals surface area contributed by atoms with Gasteiger partial charge in [0.1, 0.15) is 17.3 Å². The van der Waals surface area contributed by atoms with E-state index in [4.69, 9.17) is 23.4 Å². The van der Waals surface area contributed by atoms with Gasteiger partial charge < -0.3 is 14.5 Å². The molecule has 0 aliphatic carbocycles. The largest absolute Gasteiger partial charge is 0.457 e. The Morgan fingerprint density at radius 3 is 1.95 bits per heavy atom. The van der Waals surface area contributed by atoms with Crippen LogP contribution in [0, 0.1) is 0 Å². The van der Waals surface area contributed by atoms with Gasteiger partial charge in [0.25, 0.3) is 0 Å². The van der Waals surface area contributed by atoms with Crippen LogP contribution in [-0.4, -0.2) is 16.2 Å². The van der Waals surface area contributed by atoms with Gasteiger partial charge in [0.15, 0.2) is 0 Å². The SMILES string of the molecule is [2H]c1c([2H])c([2H])c(-c2cccc(-c3c([2H])c([2H])c([2H])c([2H])c3[2H])c2N2CN(c3cc(Oc4ccc5c6ccccc6n(-c6cc(C(C)(C)C)ccn6)c5c4)cc(C(C)(C)C)c3)c3ccccc3C2C)c([2H])c1[2H]. The van der Waals surface area contributed by atoms with Gasteiger partial charge >= 0.3 is 0 Å². The van der Waals surface area contributed by atoms with Crippen LogP contribution in [0.1, 0.15) is 84.9 Å². The predicted octanol–water partition coefficient (Wildman–Crippen LogP) is 15.6. The third-order valence-corrected chi connectivity index (χ3v) is 12.1. The fourth-order valence-corrected chi connectivity index (χ4v) is 8.75. The minimum absolute atomic E-state index is 0.0769. The molecule has 2 aromatic heterocycles. The molecule has 312 valence electrons. The highest BCUT2D eigenvalue weighted by Gasteiger charge is 2.33. The van der Waals surface area contributed by atoms with Gasteiger partial charge in [0, 0.05) is 51.6 Å². The van der Waals surface area contributed by atoms with Crippen molar-refractivity contribution in [1.29, 1.82) is 0 Å². The van der Waals surface area contributed by atoms with Crippen LogP contribution < -0.4 is 14.5 Å². The molecule has 0 amide bonds. The molecular weight excluding hydrogens is 769 g/mol. The van der Waals surface area contributed by atoms with Crippen molar-refractivity contribution in [1.82, 2.24) is 9.55 Å². The van der Waals surface area contributed by atoms with Crippen LogP contribution in [0.4, 0.5) is 17.1 Å². The van der Waals surface area contributed by atoms with Gasteiger partial charge in [-0.3, -0.25) is 4.57 Å². The van der Waals surface area contributed by atoms with E-state index in [1.54, 1.807) is 18.2 Å². The lowest BCUT2D eigenvalue weighted by atomic mass is 9.86. The van der Waals surface area contributed by atoms with Crippen LogP contribution in [0.15, 0.2) is 182 Å². The molecule has 0 N–H and O–H groups in total. The summed E-state index contributed by atoms with van der Waals surface area (Å²) in [5.41, 5.74) is 6.89. The number of ether oxygens (including phenoxy) is 1. The van der Waals surface area contributed by atoms with Crippen LogP contribution in [0.3, 0.4) is 0 Å². The third kappa shape index (κ3) is 7.42. The third-order valence-electron chi connectivity index (χ3n) is 12.1. The van der Waals surface area contributed by atoms with Crippen LogP contribution >= 0.6 is 0 Å². The summed E-state index contributed by atoms with van der Waals surface area (Å²) in [6.07, 6.45) is 1.86. The first-order valence-corrected chi connectivity index (χ1v) is 21.3. The molecule has 1 atom stereocenters. The van der Waals surface area contributed by atoms with E-state index in [0.717, 1.165) is 55.7 Å². The average molecular weight is 833 g/mol. The Hall–Kier alpha value is -7.11. The lowest BCUT2D eigenvalue weighted by molar-refractivity contribution is 0.479. The molecule has 0 spiro atoms. The van der Waals surface area contributed by atoms with E-state index in [1.807, 2.05) is 66.6 Å². The number of benzene rings is 7. The Morgan fingerprint density at radius 2 is 1.25 bits per heavy atom. The van der Waals surface area contributed by atoms with Gasteiger partial charge in [-0.1, -0.05) is 157 Å². The first kappa shape index (κ1) is 30.0. The fourth-order valence-electron chi connectivity index (χ4n) is 8.75. The highest BCUT2D eigenvalue weighted by molar-refractivity contribution is 6.09. The van der Waals surface area contributed by atoms with Crippen LogP contribution in [0.25, 0.3) is 49.9 Å². The van der Waals surface area contributed by atoms with Gasteiger partial charge in [-0.05, 0) is 94.1 Å².